The van der Waals surface area contributed by atoms with E-state index in [-0.39, 0.29) is 11.6 Å². The summed E-state index contributed by atoms with van der Waals surface area (Å²) in [4.78, 5) is 4.10. The molecule has 0 aliphatic carbocycles. The van der Waals surface area contributed by atoms with Crippen LogP contribution in [0, 0.1) is 11.6 Å². The summed E-state index contributed by atoms with van der Waals surface area (Å²) < 4.78 is 28.1. The zero-order valence-corrected chi connectivity index (χ0v) is 11.4. The van der Waals surface area contributed by atoms with Crippen LogP contribution in [0.15, 0.2) is 30.3 Å². The number of nitrogens with zero attached hydrogens (tertiary/aromatic N) is 2. The Morgan fingerprint density at radius 1 is 0.950 bits per heavy atom. The van der Waals surface area contributed by atoms with Gasteiger partial charge in [-0.1, -0.05) is 23.2 Å². The van der Waals surface area contributed by atoms with E-state index in [0.717, 1.165) is 18.2 Å². The van der Waals surface area contributed by atoms with Crippen molar-refractivity contribution in [2.45, 2.75) is 0 Å². The van der Waals surface area contributed by atoms with Gasteiger partial charge in [0.1, 0.15) is 11.6 Å². The molecule has 0 unspecified atom stereocenters. The van der Waals surface area contributed by atoms with Gasteiger partial charge in [0.15, 0.2) is 0 Å². The van der Waals surface area contributed by atoms with Crippen LogP contribution in [0.2, 0.25) is 10.0 Å². The number of halogens is 4. The highest BCUT2D eigenvalue weighted by Gasteiger charge is 2.14. The average molecular weight is 314 g/mol. The molecule has 3 aromatic rings. The second-order valence-corrected chi connectivity index (χ2v) is 5.00. The number of imidazole rings is 1. The van der Waals surface area contributed by atoms with Crippen LogP contribution in [0.4, 0.5) is 14.7 Å². The van der Waals surface area contributed by atoms with Crippen LogP contribution in [0.25, 0.3) is 16.7 Å². The molecule has 0 saturated carbocycles. The molecule has 0 aliphatic heterocycles. The van der Waals surface area contributed by atoms with Crippen LogP contribution in [0.3, 0.4) is 0 Å². The van der Waals surface area contributed by atoms with Crippen LogP contribution < -0.4 is 5.73 Å². The Balaban J connectivity index is 2.35. The third-order valence-electron chi connectivity index (χ3n) is 2.83. The molecule has 0 fully saturated rings. The first kappa shape index (κ1) is 13.1. The van der Waals surface area contributed by atoms with Gasteiger partial charge in [0.25, 0.3) is 0 Å². The molecule has 2 N–H and O–H groups in total. The van der Waals surface area contributed by atoms with Crippen molar-refractivity contribution in [1.29, 1.82) is 0 Å². The van der Waals surface area contributed by atoms with Crippen molar-refractivity contribution in [3.63, 3.8) is 0 Å². The average Bonchev–Trinajstić information content (AvgIpc) is 2.64. The van der Waals surface area contributed by atoms with E-state index in [1.807, 2.05) is 0 Å². The molecule has 0 aliphatic rings. The van der Waals surface area contributed by atoms with Crippen LogP contribution in [-0.4, -0.2) is 9.55 Å². The van der Waals surface area contributed by atoms with E-state index in [1.54, 1.807) is 12.1 Å². The number of hydrogen-bond acceptors (Lipinski definition) is 2. The van der Waals surface area contributed by atoms with E-state index < -0.39 is 11.6 Å². The lowest BCUT2D eigenvalue weighted by molar-refractivity contribution is 0.582. The Hall–Kier alpha value is -1.85. The molecule has 7 heteroatoms. The maximum Gasteiger partial charge on any atom is 0.205 e. The number of fused-ring (bicyclic) bond motifs is 1. The van der Waals surface area contributed by atoms with Gasteiger partial charge in [0.05, 0.1) is 26.8 Å². The van der Waals surface area contributed by atoms with Gasteiger partial charge in [0, 0.05) is 6.07 Å². The smallest absolute Gasteiger partial charge is 0.205 e. The van der Waals surface area contributed by atoms with Gasteiger partial charge in [-0.3, -0.25) is 4.57 Å². The molecule has 1 heterocycles. The van der Waals surface area contributed by atoms with Crippen molar-refractivity contribution in [3.05, 3.63) is 52.0 Å². The molecule has 0 saturated heterocycles. The fourth-order valence-electron chi connectivity index (χ4n) is 2.03. The second kappa shape index (κ2) is 4.61. The Labute approximate surface area is 122 Å². The predicted octanol–water partition coefficient (Wildman–Crippen LogP) is 4.19. The van der Waals surface area contributed by atoms with Crippen molar-refractivity contribution in [1.82, 2.24) is 9.55 Å². The zero-order chi connectivity index (χ0) is 14.4. The highest BCUT2D eigenvalue weighted by atomic mass is 35.5. The van der Waals surface area contributed by atoms with Gasteiger partial charge in [-0.2, -0.15) is 0 Å². The second-order valence-electron chi connectivity index (χ2n) is 4.19. The van der Waals surface area contributed by atoms with Crippen molar-refractivity contribution in [3.8, 4) is 5.69 Å². The summed E-state index contributed by atoms with van der Waals surface area (Å²) in [5, 5.41) is 0.631. The number of nitrogens with two attached hydrogens (primary N) is 1. The Bertz CT molecular complexity index is 810. The first-order chi connectivity index (χ1) is 9.45. The quantitative estimate of drug-likeness (QED) is 0.732. The molecular formula is C13H7Cl2F2N3. The molecule has 0 atom stereocenters. The SMILES string of the molecule is Nc1nc2cc(Cl)c(Cl)cc2n1-c1cc(F)cc(F)c1. The van der Waals surface area contributed by atoms with E-state index in [0.29, 0.717) is 21.1 Å². The Kier molecular flexibility index (Phi) is 3.03. The lowest BCUT2D eigenvalue weighted by Gasteiger charge is -2.07. The molecule has 0 radical (unpaired) electrons. The highest BCUT2D eigenvalue weighted by molar-refractivity contribution is 6.42. The topological polar surface area (TPSA) is 43.8 Å². The Morgan fingerprint density at radius 3 is 2.20 bits per heavy atom. The Morgan fingerprint density at radius 2 is 1.55 bits per heavy atom. The maximum absolute atomic E-state index is 13.3. The van der Waals surface area contributed by atoms with Crippen LogP contribution in [0.5, 0.6) is 0 Å². The summed E-state index contributed by atoms with van der Waals surface area (Å²) in [7, 11) is 0. The van der Waals surface area contributed by atoms with Crippen molar-refractivity contribution in [2.24, 2.45) is 0 Å². The zero-order valence-electron chi connectivity index (χ0n) is 9.87. The first-order valence-corrected chi connectivity index (χ1v) is 6.31. The molecule has 1 aromatic heterocycles. The number of benzene rings is 2. The van der Waals surface area contributed by atoms with E-state index in [9.17, 15) is 8.78 Å². The van der Waals surface area contributed by atoms with E-state index in [4.69, 9.17) is 28.9 Å². The molecular weight excluding hydrogens is 307 g/mol. The number of aromatic nitrogens is 2. The van der Waals surface area contributed by atoms with Crippen LogP contribution >= 0.6 is 23.2 Å². The highest BCUT2D eigenvalue weighted by Crippen LogP contribution is 2.31. The van der Waals surface area contributed by atoms with Gasteiger partial charge in [-0.25, -0.2) is 13.8 Å². The lowest BCUT2D eigenvalue weighted by Crippen LogP contribution is -2.01. The minimum atomic E-state index is -0.707. The summed E-state index contributed by atoms with van der Waals surface area (Å²) in [6.07, 6.45) is 0. The normalized spacial score (nSPS) is 11.2. The monoisotopic (exact) mass is 313 g/mol. The van der Waals surface area contributed by atoms with Crippen LogP contribution in [0.1, 0.15) is 0 Å². The van der Waals surface area contributed by atoms with Gasteiger partial charge in [-0.15, -0.1) is 0 Å². The van der Waals surface area contributed by atoms with Crippen molar-refractivity contribution >= 4 is 40.2 Å². The number of nitrogen functional groups attached to an aromatic ring is 1. The van der Waals surface area contributed by atoms with E-state index >= 15 is 0 Å². The fourth-order valence-corrected chi connectivity index (χ4v) is 2.35. The summed E-state index contributed by atoms with van der Waals surface area (Å²) in [5.74, 6) is -1.33. The number of anilines is 1. The van der Waals surface area contributed by atoms with Gasteiger partial charge >= 0.3 is 0 Å². The first-order valence-electron chi connectivity index (χ1n) is 5.55. The summed E-state index contributed by atoms with van der Waals surface area (Å²) in [6, 6.07) is 6.18. The molecule has 0 spiro atoms. The summed E-state index contributed by atoms with van der Waals surface area (Å²) in [5.41, 5.74) is 7.03. The van der Waals surface area contributed by atoms with E-state index in [2.05, 4.69) is 4.98 Å². The van der Waals surface area contributed by atoms with Gasteiger partial charge in [-0.05, 0) is 24.3 Å². The van der Waals surface area contributed by atoms with Gasteiger partial charge < -0.3 is 5.73 Å². The minimum absolute atomic E-state index is 0.0864. The third kappa shape index (κ3) is 2.09. The fraction of sp³-hybridized carbons (Fsp3) is 0. The largest absolute Gasteiger partial charge is 0.369 e. The predicted molar refractivity (Wildman–Crippen MR) is 75.4 cm³/mol. The van der Waals surface area contributed by atoms with Crippen LogP contribution in [-0.2, 0) is 0 Å². The molecule has 20 heavy (non-hydrogen) atoms. The van der Waals surface area contributed by atoms with Gasteiger partial charge in [0.2, 0.25) is 5.95 Å². The molecule has 0 bridgehead atoms. The lowest BCUT2D eigenvalue weighted by atomic mass is 10.2. The number of hydrogen-bond donors (Lipinski definition) is 1. The van der Waals surface area contributed by atoms with E-state index in [1.165, 1.54) is 4.57 Å². The number of rotatable bonds is 1. The standard InChI is InChI=1S/C13H7Cl2F2N3/c14-9-4-11-12(5-10(9)15)20(13(18)19-11)8-2-6(16)1-7(17)3-8/h1-5H,(H2,18,19). The van der Waals surface area contributed by atoms with Crippen molar-refractivity contribution in [2.75, 3.05) is 5.73 Å². The molecule has 3 nitrogen and oxygen atoms in total. The summed E-state index contributed by atoms with van der Waals surface area (Å²) in [6.45, 7) is 0. The van der Waals surface area contributed by atoms with Crippen molar-refractivity contribution < 1.29 is 8.78 Å². The molecule has 0 amide bonds. The summed E-state index contributed by atoms with van der Waals surface area (Å²) >= 11 is 11.9. The molecule has 3 rings (SSSR count). The maximum atomic E-state index is 13.3. The molecule has 102 valence electrons. The molecule has 2 aromatic carbocycles. The minimum Gasteiger partial charge on any atom is -0.369 e. The third-order valence-corrected chi connectivity index (χ3v) is 3.55.